The van der Waals surface area contributed by atoms with Gasteiger partial charge >= 0.3 is 0 Å². The van der Waals surface area contributed by atoms with Crippen LogP contribution in [0.5, 0.6) is 5.75 Å². The Hall–Kier alpha value is -2.28. The Kier molecular flexibility index (Phi) is 7.75. The van der Waals surface area contributed by atoms with E-state index in [1.807, 2.05) is 65.0 Å². The fourth-order valence-corrected chi connectivity index (χ4v) is 3.68. The molecule has 2 aromatic heterocycles. The number of hydrogen-bond donors (Lipinski definition) is 1. The highest BCUT2D eigenvalue weighted by atomic mass is 35.5. The lowest BCUT2D eigenvalue weighted by Crippen LogP contribution is -2.34. The molecule has 0 spiro atoms. The normalized spacial score (nSPS) is 18.0. The van der Waals surface area contributed by atoms with Crippen LogP contribution in [0.2, 0.25) is 0 Å². The predicted octanol–water partition coefficient (Wildman–Crippen LogP) is 3.88. The van der Waals surface area contributed by atoms with E-state index in [0.29, 0.717) is 31.0 Å². The number of imidazole rings is 1. The highest BCUT2D eigenvalue weighted by Gasteiger charge is 2.35. The van der Waals surface area contributed by atoms with Crippen molar-refractivity contribution in [3.8, 4) is 5.75 Å². The third-order valence-electron chi connectivity index (χ3n) is 5.48. The molecule has 0 bridgehead atoms. The van der Waals surface area contributed by atoms with Crippen molar-refractivity contribution < 1.29 is 9.53 Å². The van der Waals surface area contributed by atoms with E-state index in [9.17, 15) is 4.79 Å². The summed E-state index contributed by atoms with van der Waals surface area (Å²) in [6.45, 7) is 6.49. The van der Waals surface area contributed by atoms with Crippen LogP contribution < -0.4 is 10.5 Å². The zero-order chi connectivity index (χ0) is 19.7. The first-order valence-corrected chi connectivity index (χ1v) is 9.63. The van der Waals surface area contributed by atoms with E-state index in [-0.39, 0.29) is 36.1 Å². The molecule has 6 nitrogen and oxygen atoms in total. The van der Waals surface area contributed by atoms with Gasteiger partial charge in [-0.05, 0) is 49.1 Å². The van der Waals surface area contributed by atoms with Crippen molar-refractivity contribution in [2.45, 2.75) is 26.9 Å². The first-order valence-electron chi connectivity index (χ1n) is 9.63. The van der Waals surface area contributed by atoms with Crippen LogP contribution in [0, 0.1) is 12.3 Å². The van der Waals surface area contributed by atoms with Gasteiger partial charge in [0.25, 0.3) is 5.91 Å². The van der Waals surface area contributed by atoms with Crippen molar-refractivity contribution in [3.63, 3.8) is 0 Å². The second kappa shape index (κ2) is 9.69. The molecule has 0 saturated carbocycles. The number of carbonyl (C=O) groups excluding carboxylic acids is 1. The van der Waals surface area contributed by atoms with Gasteiger partial charge in [0.2, 0.25) is 0 Å². The Bertz CT molecular complexity index is 1020. The molecule has 8 heteroatoms. The minimum absolute atomic E-state index is 0. The minimum atomic E-state index is -0.00148. The molecule has 162 valence electrons. The highest BCUT2D eigenvalue weighted by molar-refractivity contribution is 5.97. The molecule has 3 aromatic rings. The van der Waals surface area contributed by atoms with Crippen LogP contribution in [0.25, 0.3) is 5.65 Å². The number of nitrogens with two attached hydrogens (primary N) is 1. The van der Waals surface area contributed by atoms with Crippen molar-refractivity contribution in [1.29, 1.82) is 0 Å². The summed E-state index contributed by atoms with van der Waals surface area (Å²) in [6, 6.07) is 11.4. The average molecular weight is 451 g/mol. The quantitative estimate of drug-likeness (QED) is 0.639. The van der Waals surface area contributed by atoms with Gasteiger partial charge in [-0.1, -0.05) is 25.1 Å². The van der Waals surface area contributed by atoms with Crippen LogP contribution in [0.1, 0.15) is 35.0 Å². The molecule has 3 heterocycles. The lowest BCUT2D eigenvalue weighted by molar-refractivity contribution is 0.0772. The molecular weight excluding hydrogens is 423 g/mol. The molecule has 1 atom stereocenters. The number of ether oxygens (including phenoxy) is 1. The second-order valence-electron chi connectivity index (χ2n) is 7.98. The molecule has 1 unspecified atom stereocenters. The largest absolute Gasteiger partial charge is 0.486 e. The van der Waals surface area contributed by atoms with E-state index >= 15 is 0 Å². The van der Waals surface area contributed by atoms with E-state index in [4.69, 9.17) is 10.5 Å². The molecule has 1 fully saturated rings. The summed E-state index contributed by atoms with van der Waals surface area (Å²) in [4.78, 5) is 19.5. The number of pyridine rings is 1. The number of fused-ring (bicyclic) bond motifs is 1. The van der Waals surface area contributed by atoms with Gasteiger partial charge in [0.05, 0.1) is 11.3 Å². The number of benzene rings is 1. The van der Waals surface area contributed by atoms with Crippen LogP contribution in [-0.2, 0) is 6.61 Å². The number of amides is 1. The van der Waals surface area contributed by atoms with Crippen LogP contribution in [0.4, 0.5) is 0 Å². The summed E-state index contributed by atoms with van der Waals surface area (Å²) in [7, 11) is 0. The predicted molar refractivity (Wildman–Crippen MR) is 123 cm³/mol. The van der Waals surface area contributed by atoms with Crippen molar-refractivity contribution in [1.82, 2.24) is 14.3 Å². The fourth-order valence-electron chi connectivity index (χ4n) is 3.68. The van der Waals surface area contributed by atoms with E-state index in [1.165, 1.54) is 5.56 Å². The maximum Gasteiger partial charge on any atom is 0.257 e. The molecule has 4 rings (SSSR count). The summed E-state index contributed by atoms with van der Waals surface area (Å²) in [5, 5.41) is 0. The zero-order valence-electron chi connectivity index (χ0n) is 17.2. The van der Waals surface area contributed by atoms with Gasteiger partial charge < -0.3 is 19.8 Å². The van der Waals surface area contributed by atoms with Gasteiger partial charge in [-0.25, -0.2) is 4.98 Å². The summed E-state index contributed by atoms with van der Waals surface area (Å²) >= 11 is 0. The zero-order valence-corrected chi connectivity index (χ0v) is 18.8. The number of nitrogens with zero attached hydrogens (tertiary/aromatic N) is 3. The smallest absolute Gasteiger partial charge is 0.257 e. The Balaban J connectivity index is 0.00000160. The van der Waals surface area contributed by atoms with E-state index in [1.54, 1.807) is 0 Å². The topological polar surface area (TPSA) is 72.9 Å². The first kappa shape index (κ1) is 24.0. The summed E-state index contributed by atoms with van der Waals surface area (Å²) in [5.41, 5.74) is 9.34. The van der Waals surface area contributed by atoms with Gasteiger partial charge in [0.1, 0.15) is 18.0 Å². The van der Waals surface area contributed by atoms with Crippen LogP contribution in [-0.4, -0.2) is 39.8 Å². The van der Waals surface area contributed by atoms with Crippen LogP contribution in [0.3, 0.4) is 0 Å². The van der Waals surface area contributed by atoms with E-state index in [2.05, 4.69) is 11.9 Å². The van der Waals surface area contributed by atoms with Gasteiger partial charge in [0.15, 0.2) is 0 Å². The summed E-state index contributed by atoms with van der Waals surface area (Å²) in [6.07, 6.45) is 4.92. The lowest BCUT2D eigenvalue weighted by atomic mass is 9.90. The van der Waals surface area contributed by atoms with Crippen LogP contribution >= 0.6 is 24.8 Å². The van der Waals surface area contributed by atoms with Gasteiger partial charge in [-0.2, -0.15) is 0 Å². The maximum absolute atomic E-state index is 13.0. The van der Waals surface area contributed by atoms with Crippen molar-refractivity contribution >= 4 is 36.4 Å². The molecule has 1 amide bonds. The Morgan fingerprint density at radius 3 is 2.70 bits per heavy atom. The standard InChI is InChI=1S/C22H26N4O2.2ClH/c1-16-7-8-20-24-17(12-26(20)11-16)13-28-19-6-4-3-5-18(19)21(27)25-10-9-22(2,14-23)15-25;;/h3-8,11-12H,9-10,13-15,23H2,1-2H3;2*1H. The monoisotopic (exact) mass is 450 g/mol. The fraction of sp³-hybridized carbons (Fsp3) is 0.364. The van der Waals surface area contributed by atoms with E-state index in [0.717, 1.165) is 24.3 Å². The number of rotatable bonds is 5. The Labute approximate surface area is 189 Å². The number of aryl methyl sites for hydroxylation is 1. The summed E-state index contributed by atoms with van der Waals surface area (Å²) in [5.74, 6) is 0.584. The minimum Gasteiger partial charge on any atom is -0.486 e. The molecule has 1 aliphatic rings. The number of aromatic nitrogens is 2. The summed E-state index contributed by atoms with van der Waals surface area (Å²) < 4.78 is 7.98. The number of hydrogen-bond acceptors (Lipinski definition) is 4. The maximum atomic E-state index is 13.0. The SMILES string of the molecule is Cc1ccc2nc(COc3ccccc3C(=O)N3CCC(C)(CN)C3)cn2c1.Cl.Cl. The number of carbonyl (C=O) groups is 1. The van der Waals surface area contributed by atoms with E-state index < -0.39 is 0 Å². The van der Waals surface area contributed by atoms with Gasteiger partial charge in [-0.3, -0.25) is 4.79 Å². The Morgan fingerprint density at radius 2 is 1.97 bits per heavy atom. The molecule has 2 N–H and O–H groups in total. The third-order valence-corrected chi connectivity index (χ3v) is 5.48. The molecule has 0 aliphatic carbocycles. The number of para-hydroxylation sites is 1. The van der Waals surface area contributed by atoms with Crippen molar-refractivity contribution in [2.75, 3.05) is 19.6 Å². The molecule has 1 saturated heterocycles. The first-order chi connectivity index (χ1) is 13.5. The van der Waals surface area contributed by atoms with Crippen molar-refractivity contribution in [3.05, 3.63) is 65.6 Å². The molecular formula is C22H28Cl2N4O2. The third kappa shape index (κ3) is 4.89. The molecule has 1 aromatic carbocycles. The van der Waals surface area contributed by atoms with Gasteiger partial charge in [0, 0.05) is 25.5 Å². The average Bonchev–Trinajstić information content (AvgIpc) is 3.29. The number of likely N-dealkylation sites (tertiary alicyclic amines) is 1. The number of halogens is 2. The lowest BCUT2D eigenvalue weighted by Gasteiger charge is -2.23. The van der Waals surface area contributed by atoms with Crippen molar-refractivity contribution in [2.24, 2.45) is 11.1 Å². The highest BCUT2D eigenvalue weighted by Crippen LogP contribution is 2.31. The molecule has 1 aliphatic heterocycles. The molecule has 0 radical (unpaired) electrons. The van der Waals surface area contributed by atoms with Crippen LogP contribution in [0.15, 0.2) is 48.8 Å². The van der Waals surface area contributed by atoms with Gasteiger partial charge in [-0.15, -0.1) is 24.8 Å². The molecule has 30 heavy (non-hydrogen) atoms. The second-order valence-corrected chi connectivity index (χ2v) is 7.98. The Morgan fingerprint density at radius 1 is 1.20 bits per heavy atom.